The largest absolute Gasteiger partial charge is 0.373 e. The molecule has 4 heteroatoms. The van der Waals surface area contributed by atoms with Crippen molar-refractivity contribution in [3.63, 3.8) is 0 Å². The lowest BCUT2D eigenvalue weighted by atomic mass is 9.84. The second-order valence-electron chi connectivity index (χ2n) is 5.98. The van der Waals surface area contributed by atoms with Gasteiger partial charge in [0.2, 0.25) is 6.04 Å². The fourth-order valence-corrected chi connectivity index (χ4v) is 3.48. The number of ether oxygens (including phenoxy) is 3. The van der Waals surface area contributed by atoms with Crippen molar-refractivity contribution < 1.29 is 14.2 Å². The van der Waals surface area contributed by atoms with E-state index in [-0.39, 0.29) is 36.1 Å². The highest BCUT2D eigenvalue weighted by Crippen LogP contribution is 2.46. The predicted octanol–water partition coefficient (Wildman–Crippen LogP) is 2.18. The second-order valence-corrected chi connectivity index (χ2v) is 5.98. The molecule has 3 heterocycles. The Kier molecular flexibility index (Phi) is 3.09. The van der Waals surface area contributed by atoms with Crippen molar-refractivity contribution >= 4 is 0 Å². The molecule has 1 spiro atoms. The SMILES string of the molecule is [C-]#[N+][C@H](C)CC1CC[C@@H]2O[C@@H]3C[C@]2(CO[C@H]3C)O1. The van der Waals surface area contributed by atoms with Crippen molar-refractivity contribution in [3.8, 4) is 0 Å². The molecule has 0 saturated carbocycles. The summed E-state index contributed by atoms with van der Waals surface area (Å²) < 4.78 is 18.2. The molecule has 0 aliphatic carbocycles. The topological polar surface area (TPSA) is 32.0 Å². The summed E-state index contributed by atoms with van der Waals surface area (Å²) >= 11 is 0. The molecule has 0 aromatic heterocycles. The third kappa shape index (κ3) is 1.95. The fraction of sp³-hybridized carbons (Fsp3) is 0.929. The summed E-state index contributed by atoms with van der Waals surface area (Å²) in [7, 11) is 0. The Labute approximate surface area is 108 Å². The van der Waals surface area contributed by atoms with Crippen LogP contribution >= 0.6 is 0 Å². The molecule has 3 aliphatic heterocycles. The minimum absolute atomic E-state index is 0.0458. The van der Waals surface area contributed by atoms with Gasteiger partial charge in [0, 0.05) is 19.8 Å². The molecule has 6 atom stereocenters. The standard InChI is InChI=1S/C14H21NO3/c1-9(15-3)6-11-4-5-13-14(18-11)7-12(17-13)10(2)16-8-14/h9-13H,4-8H2,1-2H3/t9-,10+,11?,12-,13+,14-/m1/s1. The highest BCUT2D eigenvalue weighted by Gasteiger charge is 2.57. The quantitative estimate of drug-likeness (QED) is 0.705. The van der Waals surface area contributed by atoms with E-state index in [0.29, 0.717) is 6.61 Å². The first-order chi connectivity index (χ1) is 8.63. The zero-order valence-corrected chi connectivity index (χ0v) is 11.1. The van der Waals surface area contributed by atoms with Gasteiger partial charge in [0.25, 0.3) is 0 Å². The van der Waals surface area contributed by atoms with E-state index in [2.05, 4.69) is 11.8 Å². The van der Waals surface area contributed by atoms with Crippen LogP contribution in [0.5, 0.6) is 0 Å². The van der Waals surface area contributed by atoms with Crippen molar-refractivity contribution in [1.29, 1.82) is 0 Å². The Morgan fingerprint density at radius 2 is 2.28 bits per heavy atom. The maximum atomic E-state index is 7.06. The van der Waals surface area contributed by atoms with Crippen LogP contribution < -0.4 is 0 Å². The molecule has 3 rings (SSSR count). The molecular formula is C14H21NO3. The van der Waals surface area contributed by atoms with Gasteiger partial charge >= 0.3 is 0 Å². The molecule has 0 N–H and O–H groups in total. The van der Waals surface area contributed by atoms with Gasteiger partial charge in [-0.25, -0.2) is 6.57 Å². The van der Waals surface area contributed by atoms with Crippen LogP contribution in [0.2, 0.25) is 0 Å². The Morgan fingerprint density at radius 1 is 1.44 bits per heavy atom. The predicted molar refractivity (Wildman–Crippen MR) is 66.2 cm³/mol. The van der Waals surface area contributed by atoms with Gasteiger partial charge < -0.3 is 19.1 Å². The Morgan fingerprint density at radius 3 is 3.06 bits per heavy atom. The monoisotopic (exact) mass is 251 g/mol. The van der Waals surface area contributed by atoms with Crippen LogP contribution in [-0.2, 0) is 14.2 Å². The molecule has 0 radical (unpaired) electrons. The van der Waals surface area contributed by atoms with Gasteiger partial charge in [-0.15, -0.1) is 0 Å². The van der Waals surface area contributed by atoms with E-state index in [1.807, 2.05) is 6.92 Å². The van der Waals surface area contributed by atoms with Gasteiger partial charge in [-0.2, -0.15) is 0 Å². The molecule has 2 bridgehead atoms. The zero-order chi connectivity index (χ0) is 12.8. The normalized spacial score (nSPS) is 48.3. The molecule has 18 heavy (non-hydrogen) atoms. The molecule has 3 saturated heterocycles. The maximum absolute atomic E-state index is 7.06. The van der Waals surface area contributed by atoms with E-state index in [1.165, 1.54) is 0 Å². The van der Waals surface area contributed by atoms with Crippen LogP contribution in [0, 0.1) is 6.57 Å². The summed E-state index contributed by atoms with van der Waals surface area (Å²) in [6.07, 6.45) is 4.62. The Hall–Kier alpha value is -0.630. The van der Waals surface area contributed by atoms with E-state index >= 15 is 0 Å². The molecule has 0 aromatic rings. The second kappa shape index (κ2) is 4.48. The van der Waals surface area contributed by atoms with Gasteiger partial charge in [0.05, 0.1) is 31.0 Å². The summed E-state index contributed by atoms with van der Waals surface area (Å²) in [6, 6.07) is 0.0458. The summed E-state index contributed by atoms with van der Waals surface area (Å²) in [4.78, 5) is 3.57. The van der Waals surface area contributed by atoms with Gasteiger partial charge in [0.1, 0.15) is 5.60 Å². The van der Waals surface area contributed by atoms with Crippen LogP contribution in [-0.4, -0.2) is 42.7 Å². The third-order valence-electron chi connectivity index (χ3n) is 4.56. The molecule has 1 unspecified atom stereocenters. The number of hydrogen-bond donors (Lipinski definition) is 0. The van der Waals surface area contributed by atoms with Gasteiger partial charge in [-0.1, -0.05) is 0 Å². The molecule has 4 nitrogen and oxygen atoms in total. The van der Waals surface area contributed by atoms with Gasteiger partial charge in [0.15, 0.2) is 0 Å². The molecule has 100 valence electrons. The molecule has 3 aliphatic rings. The minimum Gasteiger partial charge on any atom is -0.373 e. The minimum atomic E-state index is -0.220. The van der Waals surface area contributed by atoms with Crippen LogP contribution in [0.3, 0.4) is 0 Å². The zero-order valence-electron chi connectivity index (χ0n) is 11.1. The van der Waals surface area contributed by atoms with Crippen LogP contribution in [0.4, 0.5) is 0 Å². The number of rotatable bonds is 2. The summed E-state index contributed by atoms with van der Waals surface area (Å²) in [5, 5.41) is 0. The first-order valence-electron chi connectivity index (χ1n) is 6.94. The van der Waals surface area contributed by atoms with E-state index in [4.69, 9.17) is 20.8 Å². The average molecular weight is 251 g/mol. The lowest BCUT2D eigenvalue weighted by molar-refractivity contribution is -0.190. The van der Waals surface area contributed by atoms with Crippen molar-refractivity contribution in [1.82, 2.24) is 0 Å². The summed E-state index contributed by atoms with van der Waals surface area (Å²) in [5.41, 5.74) is -0.220. The van der Waals surface area contributed by atoms with Gasteiger partial charge in [-0.3, -0.25) is 0 Å². The van der Waals surface area contributed by atoms with Crippen LogP contribution in [0.25, 0.3) is 4.85 Å². The van der Waals surface area contributed by atoms with Crippen LogP contribution in [0.1, 0.15) is 39.5 Å². The smallest absolute Gasteiger partial charge is 0.223 e. The number of fused-ring (bicyclic) bond motifs is 1. The third-order valence-corrected chi connectivity index (χ3v) is 4.56. The summed E-state index contributed by atoms with van der Waals surface area (Å²) in [6.45, 7) is 11.8. The number of hydrogen-bond acceptors (Lipinski definition) is 3. The Balaban J connectivity index is 1.69. The van der Waals surface area contributed by atoms with Crippen molar-refractivity contribution in [2.75, 3.05) is 6.61 Å². The lowest BCUT2D eigenvalue weighted by Crippen LogP contribution is -2.53. The Bertz CT molecular complexity index is 367. The lowest BCUT2D eigenvalue weighted by Gasteiger charge is -2.43. The number of nitrogens with zero attached hydrogens (tertiary/aromatic N) is 1. The highest BCUT2D eigenvalue weighted by molar-refractivity contribution is 5.05. The summed E-state index contributed by atoms with van der Waals surface area (Å²) in [5.74, 6) is 0. The molecular weight excluding hydrogens is 230 g/mol. The average Bonchev–Trinajstić information content (AvgIpc) is 2.68. The first kappa shape index (κ1) is 12.4. The molecule has 0 aromatic carbocycles. The van der Waals surface area contributed by atoms with E-state index < -0.39 is 0 Å². The van der Waals surface area contributed by atoms with Crippen LogP contribution in [0.15, 0.2) is 0 Å². The van der Waals surface area contributed by atoms with Crippen molar-refractivity contribution in [2.45, 2.75) is 75.6 Å². The van der Waals surface area contributed by atoms with E-state index in [9.17, 15) is 0 Å². The first-order valence-corrected chi connectivity index (χ1v) is 6.94. The molecule has 0 amide bonds. The van der Waals surface area contributed by atoms with Gasteiger partial charge in [-0.05, 0) is 19.8 Å². The van der Waals surface area contributed by atoms with Crippen molar-refractivity contribution in [2.24, 2.45) is 0 Å². The molecule has 3 fully saturated rings. The van der Waals surface area contributed by atoms with Crippen molar-refractivity contribution in [3.05, 3.63) is 11.4 Å². The maximum Gasteiger partial charge on any atom is 0.223 e. The van der Waals surface area contributed by atoms with E-state index in [1.54, 1.807) is 0 Å². The van der Waals surface area contributed by atoms with E-state index in [0.717, 1.165) is 25.7 Å². The highest BCUT2D eigenvalue weighted by atomic mass is 16.6. The fourth-order valence-electron chi connectivity index (χ4n) is 3.48.